The van der Waals surface area contributed by atoms with Crippen molar-refractivity contribution in [3.8, 4) is 0 Å². The fourth-order valence-corrected chi connectivity index (χ4v) is 4.37. The van der Waals surface area contributed by atoms with Crippen LogP contribution in [0.3, 0.4) is 0 Å². The number of piperidine rings is 2. The Bertz CT molecular complexity index is 668. The van der Waals surface area contributed by atoms with Gasteiger partial charge in [0.15, 0.2) is 5.69 Å². The van der Waals surface area contributed by atoms with Gasteiger partial charge in [-0.3, -0.25) is 14.5 Å². The summed E-state index contributed by atoms with van der Waals surface area (Å²) in [7, 11) is 1.65. The van der Waals surface area contributed by atoms with Gasteiger partial charge in [0.2, 0.25) is 5.91 Å². The van der Waals surface area contributed by atoms with Crippen LogP contribution in [-0.2, 0) is 9.53 Å². The summed E-state index contributed by atoms with van der Waals surface area (Å²) in [6.07, 6.45) is 4.23. The van der Waals surface area contributed by atoms with Crippen molar-refractivity contribution in [1.29, 1.82) is 0 Å². The Labute approximate surface area is 160 Å². The lowest BCUT2D eigenvalue weighted by Gasteiger charge is -2.46. The normalized spacial score (nSPS) is 24.9. The van der Waals surface area contributed by atoms with Gasteiger partial charge in [-0.2, -0.15) is 0 Å². The van der Waals surface area contributed by atoms with Crippen molar-refractivity contribution in [3.63, 3.8) is 0 Å². The van der Waals surface area contributed by atoms with Crippen molar-refractivity contribution < 1.29 is 18.8 Å². The Morgan fingerprint density at radius 3 is 2.70 bits per heavy atom. The standard InChI is InChI=1S/C19H30N4O4/c1-14-12-16(21-27-14)17(24)22-9-4-15(5-10-22)23-8-3-6-19(13-23,18(20)25)7-11-26-2/h12,15H,3-11,13H2,1-2H3,(H2,20,25). The van der Waals surface area contributed by atoms with Crippen LogP contribution in [0.4, 0.5) is 0 Å². The maximum absolute atomic E-state index is 12.5. The Morgan fingerprint density at radius 1 is 1.37 bits per heavy atom. The molecular formula is C19H30N4O4. The average Bonchev–Trinajstić information content (AvgIpc) is 3.12. The molecule has 27 heavy (non-hydrogen) atoms. The van der Waals surface area contributed by atoms with Gasteiger partial charge in [0.05, 0.1) is 5.41 Å². The van der Waals surface area contributed by atoms with E-state index < -0.39 is 5.41 Å². The summed E-state index contributed by atoms with van der Waals surface area (Å²) in [5.41, 5.74) is 5.64. The lowest BCUT2D eigenvalue weighted by atomic mass is 9.76. The number of primary amides is 1. The van der Waals surface area contributed by atoms with Crippen molar-refractivity contribution in [1.82, 2.24) is 15.0 Å². The van der Waals surface area contributed by atoms with Gasteiger partial charge in [-0.15, -0.1) is 0 Å². The zero-order valence-corrected chi connectivity index (χ0v) is 16.3. The Kier molecular flexibility index (Phi) is 6.16. The summed E-state index contributed by atoms with van der Waals surface area (Å²) in [6.45, 7) is 5.36. The van der Waals surface area contributed by atoms with Gasteiger partial charge in [-0.25, -0.2) is 0 Å². The van der Waals surface area contributed by atoms with Crippen molar-refractivity contribution in [2.75, 3.05) is 39.9 Å². The molecule has 3 rings (SSSR count). The third-order valence-electron chi connectivity index (χ3n) is 6.03. The van der Waals surface area contributed by atoms with E-state index in [1.54, 1.807) is 20.1 Å². The molecule has 0 saturated carbocycles. The average molecular weight is 378 g/mol. The Morgan fingerprint density at radius 2 is 2.11 bits per heavy atom. The minimum absolute atomic E-state index is 0.0736. The topological polar surface area (TPSA) is 102 Å². The zero-order chi connectivity index (χ0) is 19.4. The molecule has 2 aliphatic rings. The van der Waals surface area contributed by atoms with Crippen LogP contribution >= 0.6 is 0 Å². The smallest absolute Gasteiger partial charge is 0.276 e. The molecule has 1 aromatic heterocycles. The van der Waals surface area contributed by atoms with Crippen LogP contribution in [0.25, 0.3) is 0 Å². The molecule has 150 valence electrons. The third kappa shape index (κ3) is 4.32. The summed E-state index contributed by atoms with van der Waals surface area (Å²) >= 11 is 0. The first-order chi connectivity index (χ1) is 12.9. The van der Waals surface area contributed by atoms with Crippen LogP contribution in [0, 0.1) is 12.3 Å². The molecule has 2 amide bonds. The van der Waals surface area contributed by atoms with Crippen LogP contribution in [0.1, 0.15) is 48.4 Å². The molecule has 0 spiro atoms. The molecule has 2 fully saturated rings. The first-order valence-electron chi connectivity index (χ1n) is 9.71. The number of likely N-dealkylation sites (tertiary alicyclic amines) is 2. The molecule has 0 aliphatic carbocycles. The monoisotopic (exact) mass is 378 g/mol. The first kappa shape index (κ1) is 19.8. The van der Waals surface area contributed by atoms with Crippen molar-refractivity contribution >= 4 is 11.8 Å². The van der Waals surface area contributed by atoms with Crippen LogP contribution < -0.4 is 5.73 Å². The number of carbonyl (C=O) groups excluding carboxylic acids is 2. The van der Waals surface area contributed by atoms with Gasteiger partial charge in [0, 0.05) is 45.5 Å². The summed E-state index contributed by atoms with van der Waals surface area (Å²) in [5.74, 6) is 0.342. The van der Waals surface area contributed by atoms with Gasteiger partial charge in [0.25, 0.3) is 5.91 Å². The molecule has 0 aromatic carbocycles. The number of carbonyl (C=O) groups is 2. The molecule has 8 heteroatoms. The molecule has 2 N–H and O–H groups in total. The van der Waals surface area contributed by atoms with Gasteiger partial charge >= 0.3 is 0 Å². The fraction of sp³-hybridized carbons (Fsp3) is 0.737. The number of aryl methyl sites for hydroxylation is 1. The molecule has 0 radical (unpaired) electrons. The number of ether oxygens (including phenoxy) is 1. The maximum atomic E-state index is 12.5. The molecule has 1 atom stereocenters. The SMILES string of the molecule is COCCC1(C(N)=O)CCCN(C2CCN(C(=O)c3cc(C)on3)CC2)C1. The predicted molar refractivity (Wildman–Crippen MR) is 99.1 cm³/mol. The molecular weight excluding hydrogens is 348 g/mol. The Hall–Kier alpha value is -1.93. The van der Waals surface area contributed by atoms with E-state index in [0.29, 0.717) is 50.2 Å². The third-order valence-corrected chi connectivity index (χ3v) is 6.03. The van der Waals surface area contributed by atoms with E-state index in [9.17, 15) is 9.59 Å². The van der Waals surface area contributed by atoms with Crippen LogP contribution in [0.5, 0.6) is 0 Å². The van der Waals surface area contributed by atoms with Gasteiger partial charge < -0.3 is 19.9 Å². The summed E-state index contributed by atoms with van der Waals surface area (Å²) < 4.78 is 10.2. The number of amides is 2. The summed E-state index contributed by atoms with van der Waals surface area (Å²) in [4.78, 5) is 28.9. The highest BCUT2D eigenvalue weighted by Gasteiger charge is 2.42. The minimum atomic E-state index is -0.501. The number of hydrogen-bond acceptors (Lipinski definition) is 6. The molecule has 3 heterocycles. The summed E-state index contributed by atoms with van der Waals surface area (Å²) in [5, 5.41) is 3.83. The van der Waals surface area contributed by atoms with Gasteiger partial charge in [-0.1, -0.05) is 5.16 Å². The molecule has 1 aromatic rings. The number of hydrogen-bond donors (Lipinski definition) is 1. The fourth-order valence-electron chi connectivity index (χ4n) is 4.37. The molecule has 1 unspecified atom stereocenters. The second-order valence-electron chi connectivity index (χ2n) is 7.81. The van der Waals surface area contributed by atoms with Crippen molar-refractivity contribution in [3.05, 3.63) is 17.5 Å². The van der Waals surface area contributed by atoms with E-state index in [4.69, 9.17) is 15.0 Å². The van der Waals surface area contributed by atoms with Crippen molar-refractivity contribution in [2.24, 2.45) is 11.1 Å². The highest BCUT2D eigenvalue weighted by molar-refractivity contribution is 5.92. The van der Waals surface area contributed by atoms with E-state index >= 15 is 0 Å². The number of aromatic nitrogens is 1. The molecule has 8 nitrogen and oxygen atoms in total. The number of nitrogens with two attached hydrogens (primary N) is 1. The lowest BCUT2D eigenvalue weighted by molar-refractivity contribution is -0.133. The number of nitrogens with zero attached hydrogens (tertiary/aromatic N) is 3. The first-order valence-corrected chi connectivity index (χ1v) is 9.71. The summed E-state index contributed by atoms with van der Waals surface area (Å²) in [6, 6.07) is 2.05. The van der Waals surface area contributed by atoms with E-state index in [1.165, 1.54) is 0 Å². The van der Waals surface area contributed by atoms with E-state index in [-0.39, 0.29) is 11.8 Å². The predicted octanol–water partition coefficient (Wildman–Crippen LogP) is 1.19. The second-order valence-corrected chi connectivity index (χ2v) is 7.81. The second kappa shape index (κ2) is 8.39. The highest BCUT2D eigenvalue weighted by Crippen LogP contribution is 2.35. The van der Waals surface area contributed by atoms with Crippen LogP contribution in [0.15, 0.2) is 10.6 Å². The maximum Gasteiger partial charge on any atom is 0.276 e. The quantitative estimate of drug-likeness (QED) is 0.798. The molecule has 0 bridgehead atoms. The van der Waals surface area contributed by atoms with Crippen LogP contribution in [0.2, 0.25) is 0 Å². The zero-order valence-electron chi connectivity index (χ0n) is 16.3. The minimum Gasteiger partial charge on any atom is -0.385 e. The lowest BCUT2D eigenvalue weighted by Crippen LogP contribution is -2.56. The van der Waals surface area contributed by atoms with Gasteiger partial charge in [-0.05, 0) is 45.6 Å². The van der Waals surface area contributed by atoms with Crippen molar-refractivity contribution in [2.45, 2.75) is 45.1 Å². The van der Waals surface area contributed by atoms with Crippen LogP contribution in [-0.4, -0.2) is 72.7 Å². The van der Waals surface area contributed by atoms with Gasteiger partial charge in [0.1, 0.15) is 5.76 Å². The molecule has 2 aliphatic heterocycles. The largest absolute Gasteiger partial charge is 0.385 e. The van der Waals surface area contributed by atoms with E-state index in [2.05, 4.69) is 10.1 Å². The van der Waals surface area contributed by atoms with E-state index in [1.807, 2.05) is 4.90 Å². The number of rotatable bonds is 6. The Balaban J connectivity index is 1.58. The highest BCUT2D eigenvalue weighted by atomic mass is 16.5. The van der Waals surface area contributed by atoms with E-state index in [0.717, 1.165) is 32.2 Å². The number of methoxy groups -OCH3 is 1. The molecule has 2 saturated heterocycles.